The second kappa shape index (κ2) is 22.1. The number of piperidine rings is 1. The number of likely N-dealkylation sites (tertiary alicyclic amines) is 3. The quantitative estimate of drug-likeness (QED) is 0.143. The van der Waals surface area contributed by atoms with Crippen molar-refractivity contribution in [2.75, 3.05) is 39.3 Å². The Hall–Kier alpha value is -7.69. The van der Waals surface area contributed by atoms with Crippen molar-refractivity contribution in [1.82, 2.24) is 30.7 Å². The summed E-state index contributed by atoms with van der Waals surface area (Å²) in [6.45, 7) is 3.92. The van der Waals surface area contributed by atoms with Crippen molar-refractivity contribution in [1.29, 1.82) is 15.8 Å². The van der Waals surface area contributed by atoms with Gasteiger partial charge in [0.1, 0.15) is 5.82 Å². The number of rotatable bonds is 8. The fourth-order valence-corrected chi connectivity index (χ4v) is 7.42. The van der Waals surface area contributed by atoms with Crippen LogP contribution in [0.3, 0.4) is 0 Å². The Morgan fingerprint density at radius 1 is 0.452 bits per heavy atom. The smallest absolute Gasteiger partial charge is 0.251 e. The molecule has 3 saturated heterocycles. The highest BCUT2D eigenvalue weighted by molar-refractivity contribution is 5.96. The van der Waals surface area contributed by atoms with E-state index >= 15 is 0 Å². The number of benzene rings is 5. The van der Waals surface area contributed by atoms with Gasteiger partial charge in [0.25, 0.3) is 17.7 Å². The van der Waals surface area contributed by atoms with E-state index in [0.29, 0.717) is 49.4 Å². The van der Waals surface area contributed by atoms with Crippen LogP contribution in [-0.2, 0) is 0 Å². The molecule has 3 N–H and O–H groups in total. The number of nitriles is 3. The first-order chi connectivity index (χ1) is 30.2. The van der Waals surface area contributed by atoms with Gasteiger partial charge in [-0.2, -0.15) is 15.8 Å². The van der Waals surface area contributed by atoms with Gasteiger partial charge < -0.3 is 30.7 Å². The second-order valence-electron chi connectivity index (χ2n) is 15.3. The number of amides is 3. The van der Waals surface area contributed by atoms with E-state index in [1.165, 1.54) is 24.3 Å². The highest BCUT2D eigenvalue weighted by Crippen LogP contribution is 2.21. The minimum Gasteiger partial charge on any atom is -0.347 e. The second-order valence-corrected chi connectivity index (χ2v) is 15.3. The lowest BCUT2D eigenvalue weighted by Crippen LogP contribution is -2.46. The lowest BCUT2D eigenvalue weighted by Gasteiger charge is -2.29. The monoisotopic (exact) mass is 829 g/mol. The van der Waals surface area contributed by atoms with E-state index in [2.05, 4.69) is 28.3 Å². The van der Waals surface area contributed by atoms with Crippen LogP contribution in [0.15, 0.2) is 133 Å². The Morgan fingerprint density at radius 3 is 1.13 bits per heavy atom. The summed E-state index contributed by atoms with van der Waals surface area (Å²) in [5.41, 5.74) is 6.19. The lowest BCUT2D eigenvalue weighted by atomic mass is 10.0. The largest absolute Gasteiger partial charge is 0.347 e. The molecule has 3 amide bonds. The molecule has 3 aliphatic rings. The standard InChI is InChI=1S/C19H19N3O.C18H17N3O.C12H12FN3O/c20-14-22-12-4-7-18(13-22)21-19(23)17-10-8-16(9-11-17)15-5-2-1-3-6-15;19-13-21-11-10-17(12-21)20-18(22)16-8-6-15(7-9-16)14-4-2-1-3-5-14;13-10-3-1-9(2-4-10)12(17)15-11-5-6-16(7-11)8-14/h1-3,5-6,8-11,18H,4,7,12-13H2,(H,21,23);1-9,17H,10-12H2,(H,20,22);1-4,11H,5-7H2,(H,15,17)/t;;11-/m..1/s1. The van der Waals surface area contributed by atoms with E-state index in [1.807, 2.05) is 115 Å². The molecule has 314 valence electrons. The SMILES string of the molecule is N#CN1CCC(NC(=O)c2ccc(-c3ccccc3)cc2)C1.N#CN1CCCC(NC(=O)c2ccc(-c3ccccc3)cc2)C1.N#CN1CC[C@@H](NC(=O)c2ccc(F)cc2)C1. The minimum atomic E-state index is -0.363. The van der Waals surface area contributed by atoms with Crippen LogP contribution in [0, 0.1) is 40.2 Å². The Balaban J connectivity index is 0.000000157. The Labute approximate surface area is 361 Å². The molecule has 13 heteroatoms. The summed E-state index contributed by atoms with van der Waals surface area (Å²) in [5, 5.41) is 35.3. The number of hydrogen-bond acceptors (Lipinski definition) is 9. The highest BCUT2D eigenvalue weighted by atomic mass is 19.1. The molecule has 62 heavy (non-hydrogen) atoms. The van der Waals surface area contributed by atoms with Gasteiger partial charge in [-0.15, -0.1) is 0 Å². The molecular weight excluding hydrogens is 782 g/mol. The maximum absolute atomic E-state index is 12.7. The van der Waals surface area contributed by atoms with E-state index in [-0.39, 0.29) is 41.7 Å². The molecule has 5 aromatic rings. The first-order valence-corrected chi connectivity index (χ1v) is 20.6. The van der Waals surface area contributed by atoms with Crippen LogP contribution in [0.4, 0.5) is 4.39 Å². The zero-order valence-corrected chi connectivity index (χ0v) is 34.3. The predicted molar refractivity (Wildman–Crippen MR) is 234 cm³/mol. The lowest BCUT2D eigenvalue weighted by molar-refractivity contribution is 0.0914. The van der Waals surface area contributed by atoms with Gasteiger partial charge in [0.15, 0.2) is 18.6 Å². The molecule has 8 rings (SSSR count). The Morgan fingerprint density at radius 2 is 0.774 bits per heavy atom. The molecule has 5 aromatic carbocycles. The number of hydrogen-bond donors (Lipinski definition) is 3. The van der Waals surface area contributed by atoms with Crippen molar-refractivity contribution < 1.29 is 18.8 Å². The average Bonchev–Trinajstić information content (AvgIpc) is 3.99. The van der Waals surface area contributed by atoms with Gasteiger partial charge in [0.2, 0.25) is 0 Å². The van der Waals surface area contributed by atoms with Gasteiger partial charge >= 0.3 is 0 Å². The fraction of sp³-hybridized carbons (Fsp3) is 0.265. The van der Waals surface area contributed by atoms with Crippen LogP contribution in [-0.4, -0.2) is 89.8 Å². The molecular formula is C49H48FN9O3. The van der Waals surface area contributed by atoms with Gasteiger partial charge in [-0.1, -0.05) is 84.9 Å². The molecule has 12 nitrogen and oxygen atoms in total. The number of nitrogens with zero attached hydrogens (tertiary/aromatic N) is 6. The summed E-state index contributed by atoms with van der Waals surface area (Å²) in [6, 6.07) is 40.9. The first-order valence-electron chi connectivity index (χ1n) is 20.6. The van der Waals surface area contributed by atoms with Crippen molar-refractivity contribution in [3.05, 3.63) is 156 Å². The summed E-state index contributed by atoms with van der Waals surface area (Å²) < 4.78 is 12.7. The number of nitrogens with one attached hydrogen (secondary N) is 3. The molecule has 3 heterocycles. The van der Waals surface area contributed by atoms with Crippen molar-refractivity contribution in [2.24, 2.45) is 0 Å². The molecule has 0 saturated carbocycles. The maximum Gasteiger partial charge on any atom is 0.251 e. The number of carbonyl (C=O) groups excluding carboxylic acids is 3. The van der Waals surface area contributed by atoms with Crippen molar-refractivity contribution in [2.45, 2.75) is 43.8 Å². The van der Waals surface area contributed by atoms with Gasteiger partial charge in [-0.05, 0) is 96.5 Å². The third kappa shape index (κ3) is 12.7. The van der Waals surface area contributed by atoms with E-state index < -0.39 is 0 Å². The van der Waals surface area contributed by atoms with Crippen molar-refractivity contribution >= 4 is 17.7 Å². The molecule has 0 spiro atoms. The van der Waals surface area contributed by atoms with Crippen LogP contribution in [0.25, 0.3) is 22.3 Å². The Bertz CT molecular complexity index is 2380. The van der Waals surface area contributed by atoms with Crippen LogP contribution < -0.4 is 16.0 Å². The summed E-state index contributed by atoms with van der Waals surface area (Å²) >= 11 is 0. The average molecular weight is 830 g/mol. The molecule has 0 radical (unpaired) electrons. The van der Waals surface area contributed by atoms with E-state index in [9.17, 15) is 18.8 Å². The molecule has 3 aliphatic heterocycles. The topological polar surface area (TPSA) is 168 Å². The summed E-state index contributed by atoms with van der Waals surface area (Å²) in [6.07, 6.45) is 9.76. The molecule has 0 aromatic heterocycles. The van der Waals surface area contributed by atoms with Crippen molar-refractivity contribution in [3.63, 3.8) is 0 Å². The van der Waals surface area contributed by atoms with E-state index in [4.69, 9.17) is 15.8 Å². The van der Waals surface area contributed by atoms with Gasteiger partial charge in [0, 0.05) is 74.1 Å². The summed E-state index contributed by atoms with van der Waals surface area (Å²) in [4.78, 5) is 41.3. The van der Waals surface area contributed by atoms with Crippen LogP contribution in [0.5, 0.6) is 0 Å². The van der Waals surface area contributed by atoms with Gasteiger partial charge in [0.05, 0.1) is 0 Å². The first kappa shape index (κ1) is 43.9. The van der Waals surface area contributed by atoms with Gasteiger partial charge in [-0.25, -0.2) is 4.39 Å². The molecule has 3 fully saturated rings. The minimum absolute atomic E-state index is 0.00722. The normalized spacial score (nSPS) is 17.6. The van der Waals surface area contributed by atoms with E-state index in [0.717, 1.165) is 54.5 Å². The Kier molecular flexibility index (Phi) is 15.6. The molecule has 2 unspecified atom stereocenters. The third-order valence-corrected chi connectivity index (χ3v) is 10.8. The molecule has 3 atom stereocenters. The molecule has 0 aliphatic carbocycles. The summed E-state index contributed by atoms with van der Waals surface area (Å²) in [5.74, 6) is -0.744. The highest BCUT2D eigenvalue weighted by Gasteiger charge is 2.25. The number of halogens is 1. The van der Waals surface area contributed by atoms with Crippen molar-refractivity contribution in [3.8, 4) is 40.8 Å². The zero-order valence-electron chi connectivity index (χ0n) is 34.3. The zero-order chi connectivity index (χ0) is 43.7. The van der Waals surface area contributed by atoms with Crippen LogP contribution in [0.2, 0.25) is 0 Å². The fourth-order valence-electron chi connectivity index (χ4n) is 7.42. The number of carbonyl (C=O) groups is 3. The van der Waals surface area contributed by atoms with Gasteiger partial charge in [-0.3, -0.25) is 14.4 Å². The third-order valence-electron chi connectivity index (χ3n) is 10.8. The van der Waals surface area contributed by atoms with Crippen LogP contribution in [0.1, 0.15) is 56.8 Å². The molecule has 0 bridgehead atoms. The van der Waals surface area contributed by atoms with E-state index in [1.54, 1.807) is 14.7 Å². The summed E-state index contributed by atoms with van der Waals surface area (Å²) in [7, 11) is 0. The predicted octanol–water partition coefficient (Wildman–Crippen LogP) is 6.78. The maximum atomic E-state index is 12.7. The van der Waals surface area contributed by atoms with Crippen LogP contribution >= 0.6 is 0 Å².